The third-order valence-electron chi connectivity index (χ3n) is 4.21. The van der Waals surface area contributed by atoms with E-state index in [4.69, 9.17) is 0 Å². The van der Waals surface area contributed by atoms with Crippen molar-refractivity contribution in [2.75, 3.05) is 20.6 Å². The summed E-state index contributed by atoms with van der Waals surface area (Å²) >= 11 is 0. The van der Waals surface area contributed by atoms with E-state index >= 15 is 0 Å². The van der Waals surface area contributed by atoms with Crippen molar-refractivity contribution < 1.29 is 9.59 Å². The monoisotopic (exact) mass is 347 g/mol. The molecule has 2 aromatic carbocycles. The summed E-state index contributed by atoms with van der Waals surface area (Å²) in [6, 6.07) is 17.3. The number of pyridine rings is 1. The number of rotatable bonds is 4. The van der Waals surface area contributed by atoms with Crippen LogP contribution in [-0.2, 0) is 4.79 Å². The van der Waals surface area contributed by atoms with Crippen LogP contribution < -0.4 is 5.32 Å². The number of hydrogen-bond donors (Lipinski definition) is 1. The van der Waals surface area contributed by atoms with Crippen LogP contribution in [0.5, 0.6) is 0 Å². The lowest BCUT2D eigenvalue weighted by atomic mass is 10.0. The van der Waals surface area contributed by atoms with Gasteiger partial charge < -0.3 is 10.2 Å². The molecule has 5 heteroatoms. The standard InChI is InChI=1S/C21H21N3O2/c1-14-8-10-15(11-9-14)19-12-17(16-6-4-5-7-18(16)23-19)21(26)22-13-20(25)24(2)3/h4-12H,13H2,1-3H3,(H,22,26). The molecule has 5 nitrogen and oxygen atoms in total. The highest BCUT2D eigenvalue weighted by Crippen LogP contribution is 2.25. The molecule has 3 aromatic rings. The van der Waals surface area contributed by atoms with Gasteiger partial charge >= 0.3 is 0 Å². The van der Waals surface area contributed by atoms with E-state index < -0.39 is 0 Å². The molecule has 0 aliphatic heterocycles. The zero-order valence-corrected chi connectivity index (χ0v) is 15.1. The van der Waals surface area contributed by atoms with Gasteiger partial charge in [-0.3, -0.25) is 9.59 Å². The Kier molecular flexibility index (Phi) is 4.98. The van der Waals surface area contributed by atoms with Crippen LogP contribution in [0.1, 0.15) is 15.9 Å². The molecule has 0 spiro atoms. The average Bonchev–Trinajstić information content (AvgIpc) is 2.65. The molecule has 3 rings (SSSR count). The van der Waals surface area contributed by atoms with E-state index in [9.17, 15) is 9.59 Å². The topological polar surface area (TPSA) is 62.3 Å². The van der Waals surface area contributed by atoms with E-state index in [1.54, 1.807) is 20.2 Å². The van der Waals surface area contributed by atoms with Crippen LogP contribution in [0.4, 0.5) is 0 Å². The number of benzene rings is 2. The Morgan fingerprint density at radius 3 is 2.42 bits per heavy atom. The number of para-hydroxylation sites is 1. The Labute approximate surface area is 152 Å². The molecule has 132 valence electrons. The molecule has 0 radical (unpaired) electrons. The minimum atomic E-state index is -0.285. The molecule has 0 saturated heterocycles. The van der Waals surface area contributed by atoms with Crippen molar-refractivity contribution in [3.63, 3.8) is 0 Å². The Hall–Kier alpha value is -3.21. The summed E-state index contributed by atoms with van der Waals surface area (Å²) in [6.07, 6.45) is 0. The van der Waals surface area contributed by atoms with Crippen LogP contribution in [0, 0.1) is 6.92 Å². The van der Waals surface area contributed by atoms with Gasteiger partial charge in [0.15, 0.2) is 0 Å². The van der Waals surface area contributed by atoms with Gasteiger partial charge in [0, 0.05) is 25.0 Å². The summed E-state index contributed by atoms with van der Waals surface area (Å²) in [6.45, 7) is 1.99. The lowest BCUT2D eigenvalue weighted by Crippen LogP contribution is -2.36. The number of hydrogen-bond acceptors (Lipinski definition) is 3. The van der Waals surface area contributed by atoms with Crippen molar-refractivity contribution in [2.45, 2.75) is 6.92 Å². The smallest absolute Gasteiger partial charge is 0.252 e. The van der Waals surface area contributed by atoms with Gasteiger partial charge in [0.25, 0.3) is 5.91 Å². The Morgan fingerprint density at radius 2 is 1.73 bits per heavy atom. The third-order valence-corrected chi connectivity index (χ3v) is 4.21. The van der Waals surface area contributed by atoms with Crippen molar-refractivity contribution in [3.8, 4) is 11.3 Å². The Morgan fingerprint density at radius 1 is 1.04 bits per heavy atom. The number of nitrogens with one attached hydrogen (secondary N) is 1. The summed E-state index contributed by atoms with van der Waals surface area (Å²) in [4.78, 5) is 30.6. The largest absolute Gasteiger partial charge is 0.347 e. The van der Waals surface area contributed by atoms with E-state index in [1.165, 1.54) is 4.90 Å². The van der Waals surface area contributed by atoms with Crippen molar-refractivity contribution in [2.24, 2.45) is 0 Å². The lowest BCUT2D eigenvalue weighted by Gasteiger charge is -2.13. The van der Waals surface area contributed by atoms with Gasteiger partial charge in [0.05, 0.1) is 23.3 Å². The zero-order chi connectivity index (χ0) is 18.7. The maximum absolute atomic E-state index is 12.7. The molecule has 0 fully saturated rings. The number of aryl methyl sites for hydroxylation is 1. The molecule has 0 atom stereocenters. The van der Waals surface area contributed by atoms with Crippen LogP contribution in [0.15, 0.2) is 54.6 Å². The van der Waals surface area contributed by atoms with Gasteiger partial charge in [0.1, 0.15) is 0 Å². The molecule has 26 heavy (non-hydrogen) atoms. The van der Waals surface area contributed by atoms with Crippen LogP contribution in [0.2, 0.25) is 0 Å². The van der Waals surface area contributed by atoms with Crippen LogP contribution in [0.3, 0.4) is 0 Å². The van der Waals surface area contributed by atoms with Gasteiger partial charge in [-0.05, 0) is 19.1 Å². The quantitative estimate of drug-likeness (QED) is 0.789. The number of likely N-dealkylation sites (N-methyl/N-ethyl adjacent to an activating group) is 1. The summed E-state index contributed by atoms with van der Waals surface area (Å²) in [7, 11) is 3.32. The van der Waals surface area contributed by atoms with Gasteiger partial charge in [-0.2, -0.15) is 0 Å². The summed E-state index contributed by atoms with van der Waals surface area (Å²) in [5, 5.41) is 3.46. The Balaban J connectivity index is 2.01. The molecule has 1 heterocycles. The number of nitrogens with zero attached hydrogens (tertiary/aromatic N) is 2. The first-order valence-electron chi connectivity index (χ1n) is 8.41. The van der Waals surface area contributed by atoms with Crippen LogP contribution in [0.25, 0.3) is 22.2 Å². The van der Waals surface area contributed by atoms with Crippen molar-refractivity contribution in [1.29, 1.82) is 0 Å². The minimum absolute atomic E-state index is 0.0393. The molecule has 2 amide bonds. The van der Waals surface area contributed by atoms with Crippen molar-refractivity contribution >= 4 is 22.7 Å². The highest BCUT2D eigenvalue weighted by Gasteiger charge is 2.15. The van der Waals surface area contributed by atoms with E-state index in [0.29, 0.717) is 5.56 Å². The minimum Gasteiger partial charge on any atom is -0.347 e. The van der Waals surface area contributed by atoms with Gasteiger partial charge in [-0.15, -0.1) is 0 Å². The molecule has 1 N–H and O–H groups in total. The number of carbonyl (C=O) groups is 2. The first-order valence-corrected chi connectivity index (χ1v) is 8.41. The summed E-state index contributed by atoms with van der Waals surface area (Å²) < 4.78 is 0. The SMILES string of the molecule is Cc1ccc(-c2cc(C(=O)NCC(=O)N(C)C)c3ccccc3n2)cc1. The zero-order valence-electron chi connectivity index (χ0n) is 15.1. The second-order valence-corrected chi connectivity index (χ2v) is 6.41. The van der Waals surface area contributed by atoms with Crippen LogP contribution in [-0.4, -0.2) is 42.3 Å². The fourth-order valence-corrected chi connectivity index (χ4v) is 2.64. The number of amides is 2. The Bertz CT molecular complexity index is 963. The van der Waals surface area contributed by atoms with E-state index in [-0.39, 0.29) is 18.4 Å². The molecular formula is C21H21N3O2. The van der Waals surface area contributed by atoms with Crippen LogP contribution >= 0.6 is 0 Å². The van der Waals surface area contributed by atoms with Crippen molar-refractivity contribution in [3.05, 3.63) is 65.7 Å². The summed E-state index contributed by atoms with van der Waals surface area (Å²) in [5.74, 6) is -0.442. The van der Waals surface area contributed by atoms with E-state index in [2.05, 4.69) is 10.3 Å². The van der Waals surface area contributed by atoms with Crippen molar-refractivity contribution in [1.82, 2.24) is 15.2 Å². The van der Waals surface area contributed by atoms with Gasteiger partial charge in [0.2, 0.25) is 5.91 Å². The molecular weight excluding hydrogens is 326 g/mol. The molecule has 0 aliphatic rings. The average molecular weight is 347 g/mol. The van der Waals surface area contributed by atoms with Gasteiger partial charge in [-0.25, -0.2) is 4.98 Å². The second-order valence-electron chi connectivity index (χ2n) is 6.41. The highest BCUT2D eigenvalue weighted by molar-refractivity contribution is 6.08. The first kappa shape index (κ1) is 17.6. The second kappa shape index (κ2) is 7.35. The fraction of sp³-hybridized carbons (Fsp3) is 0.190. The predicted octanol–water partition coefficient (Wildman–Crippen LogP) is 3.03. The fourth-order valence-electron chi connectivity index (χ4n) is 2.64. The highest BCUT2D eigenvalue weighted by atomic mass is 16.2. The van der Waals surface area contributed by atoms with E-state index in [1.807, 2.05) is 55.5 Å². The number of fused-ring (bicyclic) bond motifs is 1. The third kappa shape index (κ3) is 3.72. The van der Waals surface area contributed by atoms with E-state index in [0.717, 1.165) is 27.7 Å². The number of aromatic nitrogens is 1. The predicted molar refractivity (Wildman–Crippen MR) is 103 cm³/mol. The maximum Gasteiger partial charge on any atom is 0.252 e. The molecule has 1 aromatic heterocycles. The lowest BCUT2D eigenvalue weighted by molar-refractivity contribution is -0.127. The molecule has 0 unspecified atom stereocenters. The molecule has 0 aliphatic carbocycles. The molecule has 0 saturated carbocycles. The molecule has 0 bridgehead atoms. The number of carbonyl (C=O) groups excluding carboxylic acids is 2. The van der Waals surface area contributed by atoms with Gasteiger partial charge in [-0.1, -0.05) is 48.0 Å². The normalized spacial score (nSPS) is 10.6. The first-order chi connectivity index (χ1) is 12.5. The maximum atomic E-state index is 12.7. The summed E-state index contributed by atoms with van der Waals surface area (Å²) in [5.41, 5.74) is 4.09.